The van der Waals surface area contributed by atoms with Gasteiger partial charge in [-0.15, -0.1) is 0 Å². The zero-order chi connectivity index (χ0) is 22.6. The molecule has 0 aliphatic carbocycles. The number of anilines is 1. The lowest BCUT2D eigenvalue weighted by molar-refractivity contribution is -0.123. The molecule has 0 bridgehead atoms. The molecule has 1 aliphatic rings. The van der Waals surface area contributed by atoms with Crippen LogP contribution in [0.2, 0.25) is 0 Å². The maximum absolute atomic E-state index is 13.1. The molecule has 0 saturated carbocycles. The van der Waals surface area contributed by atoms with Crippen LogP contribution in [0.4, 0.5) is 5.69 Å². The predicted molar refractivity (Wildman–Crippen MR) is 118 cm³/mol. The van der Waals surface area contributed by atoms with E-state index in [0.717, 1.165) is 11.1 Å². The summed E-state index contributed by atoms with van der Waals surface area (Å²) in [6.45, 7) is 0.150. The first-order chi connectivity index (χ1) is 15.4. The fraction of sp³-hybridized carbons (Fsp3) is 0.217. The summed E-state index contributed by atoms with van der Waals surface area (Å²) in [5, 5.41) is 5.46. The third-order valence-electron chi connectivity index (χ3n) is 5.20. The van der Waals surface area contributed by atoms with E-state index in [4.69, 9.17) is 4.42 Å². The van der Waals surface area contributed by atoms with Gasteiger partial charge in [0.1, 0.15) is 11.8 Å². The molecular formula is C23H23N3O5S. The topological polar surface area (TPSA) is 118 Å². The normalized spacial score (nSPS) is 14.3. The molecule has 9 heteroatoms. The number of sulfonamides is 1. The van der Waals surface area contributed by atoms with Crippen LogP contribution < -0.4 is 15.4 Å². The lowest BCUT2D eigenvalue weighted by Crippen LogP contribution is -2.47. The van der Waals surface area contributed by atoms with Crippen molar-refractivity contribution in [1.29, 1.82) is 0 Å². The Hall–Kier alpha value is -3.43. The molecular weight excluding hydrogens is 430 g/mol. The second-order valence-corrected chi connectivity index (χ2v) is 9.24. The molecule has 1 atom stereocenters. The third kappa shape index (κ3) is 5.24. The second kappa shape index (κ2) is 9.37. The number of fused-ring (bicyclic) bond motifs is 1. The van der Waals surface area contributed by atoms with Gasteiger partial charge in [-0.3, -0.25) is 9.59 Å². The van der Waals surface area contributed by atoms with E-state index >= 15 is 0 Å². The summed E-state index contributed by atoms with van der Waals surface area (Å²) in [7, 11) is -3.99. The molecule has 0 radical (unpaired) electrons. The van der Waals surface area contributed by atoms with Gasteiger partial charge in [-0.1, -0.05) is 30.3 Å². The highest BCUT2D eigenvalue weighted by atomic mass is 32.2. The predicted octanol–water partition coefficient (Wildman–Crippen LogP) is 2.37. The van der Waals surface area contributed by atoms with E-state index in [0.29, 0.717) is 24.3 Å². The molecule has 0 fully saturated rings. The highest BCUT2D eigenvalue weighted by molar-refractivity contribution is 7.89. The molecule has 4 rings (SSSR count). The maximum Gasteiger partial charge on any atom is 0.241 e. The fourth-order valence-corrected chi connectivity index (χ4v) is 4.78. The Morgan fingerprint density at radius 1 is 1.06 bits per heavy atom. The number of carbonyl (C=O) groups excluding carboxylic acids is 2. The van der Waals surface area contributed by atoms with E-state index in [1.165, 1.54) is 18.4 Å². The minimum Gasteiger partial charge on any atom is -0.467 e. The zero-order valence-electron chi connectivity index (χ0n) is 17.2. The van der Waals surface area contributed by atoms with Gasteiger partial charge in [-0.2, -0.15) is 4.72 Å². The Kier molecular flexibility index (Phi) is 6.38. The molecule has 0 unspecified atom stereocenters. The van der Waals surface area contributed by atoms with Gasteiger partial charge in [-0.25, -0.2) is 8.42 Å². The molecule has 32 heavy (non-hydrogen) atoms. The van der Waals surface area contributed by atoms with Crippen LogP contribution in [0, 0.1) is 0 Å². The fourth-order valence-electron chi connectivity index (χ4n) is 3.53. The number of rotatable bonds is 8. The average molecular weight is 454 g/mol. The summed E-state index contributed by atoms with van der Waals surface area (Å²) in [5.74, 6) is 0.0119. The molecule has 0 saturated heterocycles. The minimum absolute atomic E-state index is 0.0456. The van der Waals surface area contributed by atoms with Gasteiger partial charge in [-0.05, 0) is 54.3 Å². The summed E-state index contributed by atoms with van der Waals surface area (Å²) in [6, 6.07) is 16.1. The molecule has 3 N–H and O–H groups in total. The van der Waals surface area contributed by atoms with Gasteiger partial charge in [0.2, 0.25) is 21.8 Å². The van der Waals surface area contributed by atoms with E-state index < -0.39 is 22.0 Å². The number of carbonyl (C=O) groups is 2. The summed E-state index contributed by atoms with van der Waals surface area (Å²) in [5.41, 5.74) is 2.17. The van der Waals surface area contributed by atoms with E-state index in [1.54, 1.807) is 18.2 Å². The van der Waals surface area contributed by atoms with Crippen LogP contribution in [0.5, 0.6) is 0 Å². The number of furan rings is 1. The number of nitrogens with one attached hydrogen (secondary N) is 3. The highest BCUT2D eigenvalue weighted by Gasteiger charge is 2.27. The molecule has 166 valence electrons. The van der Waals surface area contributed by atoms with E-state index in [1.807, 2.05) is 30.3 Å². The van der Waals surface area contributed by atoms with Crippen molar-refractivity contribution < 1.29 is 22.4 Å². The van der Waals surface area contributed by atoms with Crippen molar-refractivity contribution in [3.63, 3.8) is 0 Å². The van der Waals surface area contributed by atoms with Gasteiger partial charge in [0.15, 0.2) is 0 Å². The van der Waals surface area contributed by atoms with Crippen molar-refractivity contribution in [1.82, 2.24) is 10.0 Å². The third-order valence-corrected chi connectivity index (χ3v) is 6.67. The van der Waals surface area contributed by atoms with Crippen molar-refractivity contribution >= 4 is 27.5 Å². The molecule has 2 amide bonds. The number of hydrogen-bond acceptors (Lipinski definition) is 5. The Morgan fingerprint density at radius 2 is 1.88 bits per heavy atom. The van der Waals surface area contributed by atoms with Crippen molar-refractivity contribution in [2.45, 2.75) is 36.7 Å². The van der Waals surface area contributed by atoms with E-state index in [-0.39, 0.29) is 23.8 Å². The minimum atomic E-state index is -3.99. The largest absolute Gasteiger partial charge is 0.467 e. The first-order valence-corrected chi connectivity index (χ1v) is 11.7. The average Bonchev–Trinajstić information content (AvgIpc) is 3.31. The molecule has 2 aromatic carbocycles. The SMILES string of the molecule is O=C1CCc2cc(S(=O)(=O)N[C@H](Cc3ccccc3)C(=O)NCc3ccco3)ccc2N1. The monoisotopic (exact) mass is 453 g/mol. The molecule has 8 nitrogen and oxygen atoms in total. The Bertz CT molecular complexity index is 1210. The quantitative estimate of drug-likeness (QED) is 0.484. The summed E-state index contributed by atoms with van der Waals surface area (Å²) < 4.78 is 34.0. The molecule has 2 heterocycles. The molecule has 1 aliphatic heterocycles. The van der Waals surface area contributed by atoms with Crippen LogP contribution >= 0.6 is 0 Å². The zero-order valence-corrected chi connectivity index (χ0v) is 18.0. The summed E-state index contributed by atoms with van der Waals surface area (Å²) >= 11 is 0. The molecule has 0 spiro atoms. The lowest BCUT2D eigenvalue weighted by atomic mass is 10.0. The molecule has 3 aromatic rings. The van der Waals surface area contributed by atoms with E-state index in [2.05, 4.69) is 15.4 Å². The van der Waals surface area contributed by atoms with Crippen molar-refractivity contribution in [2.24, 2.45) is 0 Å². The number of aryl methyl sites for hydroxylation is 1. The first kappa shape index (κ1) is 21.8. The van der Waals surface area contributed by atoms with Crippen LogP contribution in [0.15, 0.2) is 76.2 Å². The van der Waals surface area contributed by atoms with Crippen molar-refractivity contribution in [3.8, 4) is 0 Å². The van der Waals surface area contributed by atoms with Gasteiger partial charge in [0.25, 0.3) is 0 Å². The van der Waals surface area contributed by atoms with Crippen LogP contribution in [0.3, 0.4) is 0 Å². The van der Waals surface area contributed by atoms with Gasteiger partial charge < -0.3 is 15.1 Å². The summed E-state index contributed by atoms with van der Waals surface area (Å²) in [4.78, 5) is 24.5. The van der Waals surface area contributed by atoms with Gasteiger partial charge in [0, 0.05) is 12.1 Å². The van der Waals surface area contributed by atoms with Gasteiger partial charge in [0.05, 0.1) is 17.7 Å². The smallest absolute Gasteiger partial charge is 0.241 e. The Balaban J connectivity index is 1.54. The number of benzene rings is 2. The molecule has 1 aromatic heterocycles. The summed E-state index contributed by atoms with van der Waals surface area (Å²) in [6.07, 6.45) is 2.45. The van der Waals surface area contributed by atoms with Crippen LogP contribution in [-0.4, -0.2) is 26.3 Å². The number of amides is 2. The first-order valence-electron chi connectivity index (χ1n) is 10.2. The van der Waals surface area contributed by atoms with Crippen LogP contribution in [-0.2, 0) is 39.0 Å². The van der Waals surface area contributed by atoms with Crippen molar-refractivity contribution in [3.05, 3.63) is 83.8 Å². The van der Waals surface area contributed by atoms with E-state index in [9.17, 15) is 18.0 Å². The van der Waals surface area contributed by atoms with Gasteiger partial charge >= 0.3 is 0 Å². The standard InChI is InChI=1S/C23H23N3O5S/c27-22-11-8-17-14-19(9-10-20(17)25-22)32(29,30)26-21(13-16-5-2-1-3-6-16)23(28)24-15-18-7-4-12-31-18/h1-7,9-10,12,14,21,26H,8,11,13,15H2,(H,24,28)(H,25,27)/t21-/m1/s1. The Morgan fingerprint density at radius 3 is 2.62 bits per heavy atom. The van der Waals surface area contributed by atoms with Crippen LogP contribution in [0.25, 0.3) is 0 Å². The number of hydrogen-bond donors (Lipinski definition) is 3. The lowest BCUT2D eigenvalue weighted by Gasteiger charge is -2.20. The highest BCUT2D eigenvalue weighted by Crippen LogP contribution is 2.25. The van der Waals surface area contributed by atoms with Crippen molar-refractivity contribution in [2.75, 3.05) is 5.32 Å². The second-order valence-electron chi connectivity index (χ2n) is 7.53. The van der Waals surface area contributed by atoms with Crippen LogP contribution in [0.1, 0.15) is 23.3 Å². The Labute approximate surface area is 186 Å². The maximum atomic E-state index is 13.1.